The van der Waals surface area contributed by atoms with Crippen molar-refractivity contribution in [3.05, 3.63) is 51.7 Å². The number of thiophene rings is 1. The van der Waals surface area contributed by atoms with E-state index >= 15 is 0 Å². The number of hydrogen-bond donors (Lipinski definition) is 2. The van der Waals surface area contributed by atoms with Gasteiger partial charge in [0.1, 0.15) is 15.3 Å². The van der Waals surface area contributed by atoms with Gasteiger partial charge < -0.3 is 0 Å². The highest BCUT2D eigenvalue weighted by Crippen LogP contribution is 2.25. The molecule has 124 valence electrons. The normalized spacial score (nSPS) is 11.2. The van der Waals surface area contributed by atoms with Gasteiger partial charge in [0.15, 0.2) is 0 Å². The molecule has 24 heavy (non-hydrogen) atoms. The third-order valence-corrected chi connectivity index (χ3v) is 6.08. The van der Waals surface area contributed by atoms with Crippen LogP contribution in [0.5, 0.6) is 0 Å². The Morgan fingerprint density at radius 3 is 2.54 bits per heavy atom. The third kappa shape index (κ3) is 3.61. The lowest BCUT2D eigenvalue weighted by molar-refractivity contribution is 0.102. The summed E-state index contributed by atoms with van der Waals surface area (Å²) in [6, 6.07) is 8.33. The van der Waals surface area contributed by atoms with Crippen LogP contribution in [-0.4, -0.2) is 24.5 Å². The molecule has 2 heterocycles. The Balaban J connectivity index is 1.85. The topological polar surface area (TPSA) is 101 Å². The molecule has 2 N–H and O–H groups in total. The van der Waals surface area contributed by atoms with Gasteiger partial charge in [0.05, 0.1) is 0 Å². The van der Waals surface area contributed by atoms with E-state index in [1.165, 1.54) is 11.6 Å². The fourth-order valence-electron chi connectivity index (χ4n) is 1.89. The smallest absolute Gasteiger partial charge is 0.268 e. The first-order chi connectivity index (χ1) is 11.5. The largest absolute Gasteiger partial charge is 0.296 e. The molecule has 0 spiro atoms. The molecular formula is C14H12N4O3S3. The summed E-state index contributed by atoms with van der Waals surface area (Å²) in [6.45, 7) is 1.91. The number of anilines is 2. The van der Waals surface area contributed by atoms with Gasteiger partial charge in [-0.2, -0.15) is 0 Å². The quantitative estimate of drug-likeness (QED) is 0.709. The summed E-state index contributed by atoms with van der Waals surface area (Å²) < 4.78 is 27.6. The van der Waals surface area contributed by atoms with Crippen LogP contribution in [0.25, 0.3) is 0 Å². The number of hydrogen-bond acceptors (Lipinski definition) is 7. The Morgan fingerprint density at radius 2 is 1.88 bits per heavy atom. The fraction of sp³-hybridized carbons (Fsp3) is 0.0714. The minimum absolute atomic E-state index is 0.0740. The molecule has 0 aliphatic heterocycles. The number of carbonyl (C=O) groups excluding carboxylic acids is 1. The molecule has 1 aromatic carbocycles. The minimum Gasteiger partial charge on any atom is -0.296 e. The summed E-state index contributed by atoms with van der Waals surface area (Å²) in [6.07, 6.45) is 0. The van der Waals surface area contributed by atoms with Gasteiger partial charge in [-0.05, 0) is 30.5 Å². The molecule has 0 saturated carbocycles. The molecule has 0 saturated heterocycles. The summed E-state index contributed by atoms with van der Waals surface area (Å²) >= 11 is 2.20. The van der Waals surface area contributed by atoms with Gasteiger partial charge >= 0.3 is 0 Å². The summed E-state index contributed by atoms with van der Waals surface area (Å²) in [5, 5.41) is 11.7. The van der Waals surface area contributed by atoms with Gasteiger partial charge in [-0.1, -0.05) is 29.0 Å². The van der Waals surface area contributed by atoms with Crippen LogP contribution in [-0.2, 0) is 10.0 Å². The average Bonchev–Trinajstić information content (AvgIpc) is 3.20. The number of carbonyl (C=O) groups is 1. The molecule has 3 rings (SSSR count). The lowest BCUT2D eigenvalue weighted by Crippen LogP contribution is -2.18. The Hall–Kier alpha value is -2.30. The zero-order chi connectivity index (χ0) is 17.2. The van der Waals surface area contributed by atoms with Crippen LogP contribution in [0.3, 0.4) is 0 Å². The highest BCUT2D eigenvalue weighted by molar-refractivity contribution is 7.93. The van der Waals surface area contributed by atoms with Crippen molar-refractivity contribution in [2.24, 2.45) is 0 Å². The van der Waals surface area contributed by atoms with Gasteiger partial charge in [-0.15, -0.1) is 21.5 Å². The molecule has 0 unspecified atom stereocenters. The summed E-state index contributed by atoms with van der Waals surface area (Å²) in [5.41, 5.74) is 2.92. The monoisotopic (exact) mass is 380 g/mol. The van der Waals surface area contributed by atoms with Crippen LogP contribution in [0.15, 0.2) is 46.1 Å². The predicted octanol–water partition coefficient (Wildman–Crippen LogP) is 2.96. The van der Waals surface area contributed by atoms with Crippen molar-refractivity contribution in [2.45, 2.75) is 11.8 Å². The van der Waals surface area contributed by atoms with Crippen molar-refractivity contribution >= 4 is 49.4 Å². The molecule has 0 bridgehead atoms. The van der Waals surface area contributed by atoms with Crippen molar-refractivity contribution in [1.82, 2.24) is 10.2 Å². The van der Waals surface area contributed by atoms with Crippen LogP contribution in [0.1, 0.15) is 15.2 Å². The van der Waals surface area contributed by atoms with Crippen LogP contribution >= 0.6 is 22.7 Å². The summed E-state index contributed by atoms with van der Waals surface area (Å²) in [7, 11) is -3.87. The average molecular weight is 380 g/mol. The van der Waals surface area contributed by atoms with Crippen LogP contribution in [0, 0.1) is 6.92 Å². The van der Waals surface area contributed by atoms with E-state index in [-0.39, 0.29) is 9.77 Å². The van der Waals surface area contributed by atoms with Crippen LogP contribution in [0.4, 0.5) is 10.8 Å². The second-order valence-corrected chi connectivity index (χ2v) is 8.18. The molecule has 1 amide bonds. The lowest BCUT2D eigenvalue weighted by atomic mass is 10.2. The van der Waals surface area contributed by atoms with E-state index in [4.69, 9.17) is 0 Å². The second kappa shape index (κ2) is 6.67. The van der Waals surface area contributed by atoms with Gasteiger partial charge in [-0.3, -0.25) is 14.8 Å². The molecular weight excluding hydrogens is 368 g/mol. The Labute approximate surface area is 146 Å². The summed E-state index contributed by atoms with van der Waals surface area (Å²) in [5.74, 6) is -0.536. The molecule has 0 fully saturated rings. The first-order valence-corrected chi connectivity index (χ1v) is 9.94. The SMILES string of the molecule is Cc1ccc(NS(=O)(=O)c2ccsc2C(=O)Nc2nncs2)cc1. The summed E-state index contributed by atoms with van der Waals surface area (Å²) in [4.78, 5) is 12.3. The number of benzene rings is 1. The van der Waals surface area contributed by atoms with E-state index < -0.39 is 15.9 Å². The van der Waals surface area contributed by atoms with Crippen LogP contribution in [0.2, 0.25) is 0 Å². The molecule has 10 heteroatoms. The van der Waals surface area contributed by atoms with Crippen molar-refractivity contribution in [1.29, 1.82) is 0 Å². The molecule has 7 nitrogen and oxygen atoms in total. The zero-order valence-corrected chi connectivity index (χ0v) is 14.8. The molecule has 0 aliphatic rings. The van der Waals surface area contributed by atoms with E-state index in [2.05, 4.69) is 20.2 Å². The third-order valence-electron chi connectivity index (χ3n) is 3.01. The van der Waals surface area contributed by atoms with E-state index in [9.17, 15) is 13.2 Å². The number of aryl methyl sites for hydroxylation is 1. The maximum Gasteiger partial charge on any atom is 0.268 e. The van der Waals surface area contributed by atoms with E-state index in [0.717, 1.165) is 28.2 Å². The highest BCUT2D eigenvalue weighted by atomic mass is 32.2. The zero-order valence-electron chi connectivity index (χ0n) is 12.4. The Bertz CT molecular complexity index is 948. The molecule has 0 aliphatic carbocycles. The molecule has 3 aromatic rings. The van der Waals surface area contributed by atoms with Crippen LogP contribution < -0.4 is 10.0 Å². The van der Waals surface area contributed by atoms with Crippen molar-refractivity contribution in [3.63, 3.8) is 0 Å². The van der Waals surface area contributed by atoms with Crippen molar-refractivity contribution in [3.8, 4) is 0 Å². The first kappa shape index (κ1) is 16.6. The maximum atomic E-state index is 12.6. The standard InChI is InChI=1S/C14H12N4O3S3/c1-9-2-4-10(5-3-9)18-24(20,21)11-6-7-22-12(11)13(19)16-14-17-15-8-23-14/h2-8,18H,1H3,(H,16,17,19). The first-order valence-electron chi connectivity index (χ1n) is 6.70. The van der Waals surface area contributed by atoms with E-state index in [1.54, 1.807) is 29.6 Å². The number of nitrogens with zero attached hydrogens (tertiary/aromatic N) is 2. The van der Waals surface area contributed by atoms with Gasteiger partial charge in [0, 0.05) is 5.69 Å². The maximum absolute atomic E-state index is 12.6. The van der Waals surface area contributed by atoms with Crippen molar-refractivity contribution < 1.29 is 13.2 Å². The van der Waals surface area contributed by atoms with E-state index in [0.29, 0.717) is 10.8 Å². The minimum atomic E-state index is -3.87. The number of amides is 1. The number of sulfonamides is 1. The Morgan fingerprint density at radius 1 is 1.12 bits per heavy atom. The lowest BCUT2D eigenvalue weighted by Gasteiger charge is -2.09. The molecule has 0 atom stereocenters. The van der Waals surface area contributed by atoms with Gasteiger partial charge in [-0.25, -0.2) is 8.42 Å². The van der Waals surface area contributed by atoms with Crippen molar-refractivity contribution in [2.75, 3.05) is 10.0 Å². The predicted molar refractivity (Wildman–Crippen MR) is 94.2 cm³/mol. The van der Waals surface area contributed by atoms with E-state index in [1.807, 2.05) is 6.92 Å². The Kier molecular flexibility index (Phi) is 4.60. The second-order valence-electron chi connectivity index (χ2n) is 4.78. The van der Waals surface area contributed by atoms with Gasteiger partial charge in [0.25, 0.3) is 15.9 Å². The highest BCUT2D eigenvalue weighted by Gasteiger charge is 2.24. The number of rotatable bonds is 5. The molecule has 0 radical (unpaired) electrons. The fourth-order valence-corrected chi connectivity index (χ4v) is 4.71. The molecule has 2 aromatic heterocycles. The van der Waals surface area contributed by atoms with Gasteiger partial charge in [0.2, 0.25) is 5.13 Å². The number of aromatic nitrogens is 2. The number of nitrogens with one attached hydrogen (secondary N) is 2.